The van der Waals surface area contributed by atoms with Crippen LogP contribution < -0.4 is 4.74 Å². The highest BCUT2D eigenvalue weighted by atomic mass is 16.5. The average molecular weight is 338 g/mol. The van der Waals surface area contributed by atoms with Gasteiger partial charge in [-0.25, -0.2) is 0 Å². The van der Waals surface area contributed by atoms with Crippen LogP contribution in [0.5, 0.6) is 5.75 Å². The molecule has 1 aliphatic heterocycles. The molecule has 0 saturated carbocycles. The normalized spacial score (nSPS) is 19.8. The van der Waals surface area contributed by atoms with Gasteiger partial charge >= 0.3 is 0 Å². The first kappa shape index (κ1) is 18.0. The van der Waals surface area contributed by atoms with Gasteiger partial charge in [-0.05, 0) is 30.5 Å². The molecule has 2 unspecified atom stereocenters. The van der Waals surface area contributed by atoms with E-state index in [0.717, 1.165) is 18.8 Å². The molecular weight excluding hydrogens is 306 g/mol. The second-order valence-corrected chi connectivity index (χ2v) is 8.57. The third-order valence-electron chi connectivity index (χ3n) is 5.34. The molecular formula is C23H31NO. The van der Waals surface area contributed by atoms with Crippen LogP contribution >= 0.6 is 0 Å². The fraction of sp³-hybridized carbons (Fsp3) is 0.478. The lowest BCUT2D eigenvalue weighted by Gasteiger charge is -2.21. The molecule has 1 heterocycles. The Morgan fingerprint density at radius 1 is 0.960 bits per heavy atom. The van der Waals surface area contributed by atoms with Crippen molar-refractivity contribution in [1.29, 1.82) is 0 Å². The largest absolute Gasteiger partial charge is 0.489 e. The summed E-state index contributed by atoms with van der Waals surface area (Å²) < 4.78 is 6.13. The van der Waals surface area contributed by atoms with Crippen LogP contribution in [0.3, 0.4) is 0 Å². The number of ether oxygens (including phenoxy) is 1. The first-order valence-electron chi connectivity index (χ1n) is 9.32. The van der Waals surface area contributed by atoms with Crippen LogP contribution in [0.2, 0.25) is 0 Å². The van der Waals surface area contributed by atoms with E-state index in [4.69, 9.17) is 4.74 Å². The van der Waals surface area contributed by atoms with Crippen LogP contribution in [-0.2, 0) is 18.5 Å². The molecule has 0 amide bonds. The Hall–Kier alpha value is -1.80. The predicted molar refractivity (Wildman–Crippen MR) is 105 cm³/mol. The SMILES string of the molecule is CC1Oc2c(CN(C)Cc3ccc(C(C)(C)C)cc3)cccc2C1C. The molecule has 0 fully saturated rings. The molecule has 25 heavy (non-hydrogen) atoms. The van der Waals surface area contributed by atoms with Crippen molar-refractivity contribution in [1.82, 2.24) is 4.90 Å². The highest BCUT2D eigenvalue weighted by Gasteiger charge is 2.29. The molecule has 2 atom stereocenters. The topological polar surface area (TPSA) is 12.5 Å². The van der Waals surface area contributed by atoms with Crippen molar-refractivity contribution in [2.45, 2.75) is 65.1 Å². The molecule has 2 aromatic carbocycles. The zero-order valence-electron chi connectivity index (χ0n) is 16.5. The van der Waals surface area contributed by atoms with Gasteiger partial charge in [-0.2, -0.15) is 0 Å². The minimum absolute atomic E-state index is 0.208. The van der Waals surface area contributed by atoms with E-state index in [1.165, 1.54) is 22.3 Å². The zero-order valence-corrected chi connectivity index (χ0v) is 16.5. The maximum Gasteiger partial charge on any atom is 0.127 e. The lowest BCUT2D eigenvalue weighted by atomic mass is 9.87. The average Bonchev–Trinajstić information content (AvgIpc) is 2.83. The Morgan fingerprint density at radius 2 is 1.64 bits per heavy atom. The fourth-order valence-electron chi connectivity index (χ4n) is 3.54. The van der Waals surface area contributed by atoms with Crippen LogP contribution in [0.1, 0.15) is 62.8 Å². The number of nitrogens with zero attached hydrogens (tertiary/aromatic N) is 1. The van der Waals surface area contributed by atoms with Crippen LogP contribution in [-0.4, -0.2) is 18.1 Å². The smallest absolute Gasteiger partial charge is 0.127 e. The van der Waals surface area contributed by atoms with Gasteiger partial charge in [0.25, 0.3) is 0 Å². The van der Waals surface area contributed by atoms with E-state index in [9.17, 15) is 0 Å². The van der Waals surface area contributed by atoms with Gasteiger partial charge in [-0.15, -0.1) is 0 Å². The lowest BCUT2D eigenvalue weighted by Crippen LogP contribution is -2.18. The molecule has 2 aromatic rings. The molecule has 0 aromatic heterocycles. The van der Waals surface area contributed by atoms with E-state index in [0.29, 0.717) is 5.92 Å². The van der Waals surface area contributed by atoms with E-state index >= 15 is 0 Å². The summed E-state index contributed by atoms with van der Waals surface area (Å²) >= 11 is 0. The molecule has 0 N–H and O–H groups in total. The van der Waals surface area contributed by atoms with Crippen molar-refractivity contribution in [2.24, 2.45) is 0 Å². The number of rotatable bonds is 4. The van der Waals surface area contributed by atoms with Crippen molar-refractivity contribution in [3.05, 3.63) is 64.7 Å². The lowest BCUT2D eigenvalue weighted by molar-refractivity contribution is 0.226. The molecule has 0 aliphatic carbocycles. The van der Waals surface area contributed by atoms with Crippen molar-refractivity contribution >= 4 is 0 Å². The second-order valence-electron chi connectivity index (χ2n) is 8.57. The highest BCUT2D eigenvalue weighted by Crippen LogP contribution is 2.40. The Labute approximate surface area is 152 Å². The van der Waals surface area contributed by atoms with Crippen molar-refractivity contribution in [2.75, 3.05) is 7.05 Å². The maximum absolute atomic E-state index is 6.13. The number of fused-ring (bicyclic) bond motifs is 1. The summed E-state index contributed by atoms with van der Waals surface area (Å²) in [5.74, 6) is 1.59. The third-order valence-corrected chi connectivity index (χ3v) is 5.34. The van der Waals surface area contributed by atoms with Gasteiger partial charge in [0, 0.05) is 30.1 Å². The standard InChI is InChI=1S/C23H31NO/c1-16-17(2)25-22-19(8-7-9-21(16)22)15-24(6)14-18-10-12-20(13-11-18)23(3,4)5/h7-13,16-17H,14-15H2,1-6H3. The molecule has 1 aliphatic rings. The molecule has 2 nitrogen and oxygen atoms in total. The summed E-state index contributed by atoms with van der Waals surface area (Å²) in [6.45, 7) is 13.0. The molecule has 0 radical (unpaired) electrons. The molecule has 0 spiro atoms. The van der Waals surface area contributed by atoms with Gasteiger partial charge < -0.3 is 4.74 Å². The summed E-state index contributed by atoms with van der Waals surface area (Å²) in [5, 5.41) is 0. The first-order chi connectivity index (χ1) is 11.8. The molecule has 0 saturated heterocycles. The summed E-state index contributed by atoms with van der Waals surface area (Å²) in [6, 6.07) is 15.6. The predicted octanol–water partition coefficient (Wildman–Crippen LogP) is 5.50. The van der Waals surface area contributed by atoms with Gasteiger partial charge in [0.2, 0.25) is 0 Å². The second kappa shape index (κ2) is 6.84. The summed E-state index contributed by atoms with van der Waals surface area (Å²) in [6.07, 6.45) is 0.270. The van der Waals surface area contributed by atoms with Crippen LogP contribution in [0.15, 0.2) is 42.5 Å². The minimum Gasteiger partial charge on any atom is -0.489 e. The molecule has 3 rings (SSSR count). The number of benzene rings is 2. The van der Waals surface area contributed by atoms with Gasteiger partial charge in [0.15, 0.2) is 0 Å². The zero-order chi connectivity index (χ0) is 18.2. The quantitative estimate of drug-likeness (QED) is 0.730. The Kier molecular flexibility index (Phi) is 4.92. The van der Waals surface area contributed by atoms with Gasteiger partial charge in [-0.1, -0.05) is 70.2 Å². The minimum atomic E-state index is 0.208. The van der Waals surface area contributed by atoms with E-state index in [1.54, 1.807) is 0 Å². The number of hydrogen-bond donors (Lipinski definition) is 0. The van der Waals surface area contributed by atoms with Crippen LogP contribution in [0.4, 0.5) is 0 Å². The molecule has 2 heteroatoms. The fourth-order valence-corrected chi connectivity index (χ4v) is 3.54. The third kappa shape index (κ3) is 3.90. The van der Waals surface area contributed by atoms with Crippen molar-refractivity contribution in [3.63, 3.8) is 0 Å². The first-order valence-corrected chi connectivity index (χ1v) is 9.32. The summed E-state index contributed by atoms with van der Waals surface area (Å²) in [5.41, 5.74) is 5.59. The van der Waals surface area contributed by atoms with Gasteiger partial charge in [-0.3, -0.25) is 4.90 Å². The van der Waals surface area contributed by atoms with Crippen molar-refractivity contribution in [3.8, 4) is 5.75 Å². The molecule has 134 valence electrons. The number of para-hydroxylation sites is 1. The molecule has 0 bridgehead atoms. The summed E-state index contributed by atoms with van der Waals surface area (Å²) in [7, 11) is 2.18. The van der Waals surface area contributed by atoms with E-state index in [2.05, 4.69) is 89.0 Å². The van der Waals surface area contributed by atoms with E-state index < -0.39 is 0 Å². The van der Waals surface area contributed by atoms with Gasteiger partial charge in [0.1, 0.15) is 11.9 Å². The van der Waals surface area contributed by atoms with E-state index in [-0.39, 0.29) is 11.5 Å². The monoisotopic (exact) mass is 337 g/mol. The Bertz CT molecular complexity index is 727. The van der Waals surface area contributed by atoms with E-state index in [1.807, 2.05) is 0 Å². The highest BCUT2D eigenvalue weighted by molar-refractivity contribution is 5.47. The van der Waals surface area contributed by atoms with Crippen LogP contribution in [0, 0.1) is 0 Å². The maximum atomic E-state index is 6.13. The van der Waals surface area contributed by atoms with Crippen molar-refractivity contribution < 1.29 is 4.74 Å². The number of hydrogen-bond acceptors (Lipinski definition) is 2. The van der Waals surface area contributed by atoms with Gasteiger partial charge in [0.05, 0.1) is 0 Å². The Balaban J connectivity index is 1.69. The van der Waals surface area contributed by atoms with Crippen LogP contribution in [0.25, 0.3) is 0 Å². The Morgan fingerprint density at radius 3 is 2.28 bits per heavy atom. The summed E-state index contributed by atoms with van der Waals surface area (Å²) in [4.78, 5) is 2.36.